The minimum atomic E-state index is 0.642. The third-order valence-electron chi connectivity index (χ3n) is 4.05. The van der Waals surface area contributed by atoms with E-state index < -0.39 is 0 Å². The Morgan fingerprint density at radius 3 is 2.94 bits per heavy atom. The number of hydrogen-bond acceptors (Lipinski definition) is 3. The van der Waals surface area contributed by atoms with E-state index >= 15 is 0 Å². The molecule has 3 rings (SSSR count). The molecule has 2 saturated heterocycles. The van der Waals surface area contributed by atoms with E-state index in [2.05, 4.69) is 20.4 Å². The van der Waals surface area contributed by atoms with Crippen LogP contribution in [0.15, 0.2) is 6.20 Å². The zero-order valence-corrected chi connectivity index (χ0v) is 10.4. The number of nitrogens with one attached hydrogen (secondary N) is 2. The molecule has 0 bridgehead atoms. The Hall–Kier alpha value is -0.870. The summed E-state index contributed by atoms with van der Waals surface area (Å²) in [5.41, 5.74) is 2.80. The lowest BCUT2D eigenvalue weighted by molar-refractivity contribution is 0.328. The van der Waals surface area contributed by atoms with E-state index in [0.29, 0.717) is 5.92 Å². The molecule has 17 heavy (non-hydrogen) atoms. The van der Waals surface area contributed by atoms with Crippen molar-refractivity contribution >= 4 is 0 Å². The highest BCUT2D eigenvalue weighted by molar-refractivity contribution is 5.21. The van der Waals surface area contributed by atoms with Gasteiger partial charge in [0.25, 0.3) is 0 Å². The quantitative estimate of drug-likeness (QED) is 0.832. The zero-order chi connectivity index (χ0) is 11.5. The Kier molecular flexibility index (Phi) is 3.43. The number of aromatic nitrogens is 2. The Morgan fingerprint density at radius 1 is 1.29 bits per heavy atom. The second-order valence-electron chi connectivity index (χ2n) is 5.34. The molecule has 2 fully saturated rings. The first-order valence-corrected chi connectivity index (χ1v) is 6.88. The highest BCUT2D eigenvalue weighted by Crippen LogP contribution is 2.25. The van der Waals surface area contributed by atoms with E-state index in [-0.39, 0.29) is 0 Å². The van der Waals surface area contributed by atoms with E-state index in [4.69, 9.17) is 0 Å². The molecule has 0 aromatic carbocycles. The molecule has 4 heteroatoms. The Balaban J connectivity index is 1.69. The van der Waals surface area contributed by atoms with Crippen LogP contribution in [0, 0.1) is 0 Å². The molecule has 1 atom stereocenters. The molecule has 0 radical (unpaired) electrons. The molecule has 4 nitrogen and oxygen atoms in total. The van der Waals surface area contributed by atoms with Gasteiger partial charge in [-0.2, -0.15) is 5.10 Å². The summed E-state index contributed by atoms with van der Waals surface area (Å²) >= 11 is 0. The van der Waals surface area contributed by atoms with Crippen LogP contribution in [-0.4, -0.2) is 41.3 Å². The van der Waals surface area contributed by atoms with Crippen molar-refractivity contribution in [2.75, 3.05) is 26.2 Å². The molecule has 0 spiro atoms. The van der Waals surface area contributed by atoms with Crippen molar-refractivity contribution in [3.05, 3.63) is 17.5 Å². The zero-order valence-electron chi connectivity index (χ0n) is 10.4. The Morgan fingerprint density at radius 2 is 2.18 bits per heavy atom. The molecule has 2 aliphatic heterocycles. The molecule has 94 valence electrons. The van der Waals surface area contributed by atoms with Crippen molar-refractivity contribution in [1.29, 1.82) is 0 Å². The lowest BCUT2D eigenvalue weighted by Crippen LogP contribution is -2.29. The fraction of sp³-hybridized carbons (Fsp3) is 0.769. The summed E-state index contributed by atoms with van der Waals surface area (Å²) in [5, 5.41) is 11.0. The van der Waals surface area contributed by atoms with Gasteiger partial charge in [0.2, 0.25) is 0 Å². The molecular formula is C13H22N4. The molecule has 3 heterocycles. The van der Waals surface area contributed by atoms with Gasteiger partial charge in [-0.1, -0.05) is 0 Å². The standard InChI is InChI=1S/C13H22N4/c1-2-7-17(6-1)10-12-9-15-16-13(12)11-4-3-5-14-8-11/h9,11,14H,1-8,10H2,(H,15,16). The van der Waals surface area contributed by atoms with Crippen LogP contribution >= 0.6 is 0 Å². The van der Waals surface area contributed by atoms with Crippen LogP contribution in [0.3, 0.4) is 0 Å². The predicted octanol–water partition coefficient (Wildman–Crippen LogP) is 1.47. The molecule has 0 aliphatic carbocycles. The van der Waals surface area contributed by atoms with Crippen molar-refractivity contribution in [1.82, 2.24) is 20.4 Å². The van der Waals surface area contributed by atoms with E-state index in [1.54, 1.807) is 0 Å². The Labute approximate surface area is 103 Å². The van der Waals surface area contributed by atoms with Crippen LogP contribution in [-0.2, 0) is 6.54 Å². The lowest BCUT2D eigenvalue weighted by Gasteiger charge is -2.23. The van der Waals surface area contributed by atoms with Crippen molar-refractivity contribution in [3.8, 4) is 0 Å². The van der Waals surface area contributed by atoms with Crippen molar-refractivity contribution < 1.29 is 0 Å². The second-order valence-corrected chi connectivity index (χ2v) is 5.34. The number of hydrogen-bond donors (Lipinski definition) is 2. The SMILES string of the molecule is c1n[nH]c(C2CCCNC2)c1CN1CCCC1. The van der Waals surface area contributed by atoms with Crippen LogP contribution in [0.4, 0.5) is 0 Å². The van der Waals surface area contributed by atoms with E-state index in [9.17, 15) is 0 Å². The van der Waals surface area contributed by atoms with Gasteiger partial charge in [0.1, 0.15) is 0 Å². The number of H-pyrrole nitrogens is 1. The first-order valence-electron chi connectivity index (χ1n) is 6.88. The third kappa shape index (κ3) is 2.53. The molecular weight excluding hydrogens is 212 g/mol. The normalized spacial score (nSPS) is 26.5. The van der Waals surface area contributed by atoms with Gasteiger partial charge in [0.05, 0.1) is 6.20 Å². The highest BCUT2D eigenvalue weighted by atomic mass is 15.2. The molecule has 0 saturated carbocycles. The van der Waals surface area contributed by atoms with E-state index in [1.165, 1.54) is 56.6 Å². The smallest absolute Gasteiger partial charge is 0.0535 e. The van der Waals surface area contributed by atoms with Gasteiger partial charge in [0, 0.05) is 30.3 Å². The van der Waals surface area contributed by atoms with Gasteiger partial charge in [-0.05, 0) is 45.3 Å². The summed E-state index contributed by atoms with van der Waals surface area (Å²) in [6.07, 6.45) is 7.33. The maximum absolute atomic E-state index is 4.26. The van der Waals surface area contributed by atoms with E-state index in [0.717, 1.165) is 13.1 Å². The monoisotopic (exact) mass is 234 g/mol. The maximum Gasteiger partial charge on any atom is 0.0535 e. The van der Waals surface area contributed by atoms with Crippen LogP contribution in [0.1, 0.15) is 42.9 Å². The van der Waals surface area contributed by atoms with Crippen molar-refractivity contribution in [3.63, 3.8) is 0 Å². The summed E-state index contributed by atoms with van der Waals surface area (Å²) in [5.74, 6) is 0.642. The number of piperidine rings is 1. The molecule has 1 aromatic rings. The van der Waals surface area contributed by atoms with Crippen LogP contribution < -0.4 is 5.32 Å². The van der Waals surface area contributed by atoms with Crippen LogP contribution in [0.5, 0.6) is 0 Å². The van der Waals surface area contributed by atoms with Crippen molar-refractivity contribution in [2.24, 2.45) is 0 Å². The largest absolute Gasteiger partial charge is 0.316 e. The molecule has 1 aromatic heterocycles. The molecule has 1 unspecified atom stereocenters. The number of likely N-dealkylation sites (tertiary alicyclic amines) is 1. The Bertz CT molecular complexity index is 348. The highest BCUT2D eigenvalue weighted by Gasteiger charge is 2.21. The van der Waals surface area contributed by atoms with Gasteiger partial charge >= 0.3 is 0 Å². The number of nitrogens with zero attached hydrogens (tertiary/aromatic N) is 2. The molecule has 0 amide bonds. The average molecular weight is 234 g/mol. The number of aromatic amines is 1. The third-order valence-corrected chi connectivity index (χ3v) is 4.05. The van der Waals surface area contributed by atoms with Crippen molar-refractivity contribution in [2.45, 2.75) is 38.1 Å². The van der Waals surface area contributed by atoms with Gasteiger partial charge in [-0.15, -0.1) is 0 Å². The maximum atomic E-state index is 4.26. The first-order chi connectivity index (χ1) is 8.43. The predicted molar refractivity (Wildman–Crippen MR) is 67.9 cm³/mol. The minimum Gasteiger partial charge on any atom is -0.316 e. The summed E-state index contributed by atoms with van der Waals surface area (Å²) in [6, 6.07) is 0. The van der Waals surface area contributed by atoms with E-state index in [1.807, 2.05) is 6.20 Å². The second kappa shape index (κ2) is 5.19. The first kappa shape index (κ1) is 11.2. The summed E-state index contributed by atoms with van der Waals surface area (Å²) in [6.45, 7) is 5.88. The van der Waals surface area contributed by atoms with Gasteiger partial charge in [-0.3, -0.25) is 10.00 Å². The lowest BCUT2D eigenvalue weighted by atomic mass is 9.94. The van der Waals surface area contributed by atoms with Gasteiger partial charge < -0.3 is 5.32 Å². The van der Waals surface area contributed by atoms with Crippen LogP contribution in [0.25, 0.3) is 0 Å². The fourth-order valence-corrected chi connectivity index (χ4v) is 3.08. The van der Waals surface area contributed by atoms with Crippen LogP contribution in [0.2, 0.25) is 0 Å². The number of rotatable bonds is 3. The minimum absolute atomic E-state index is 0.642. The summed E-state index contributed by atoms with van der Waals surface area (Å²) in [7, 11) is 0. The molecule has 2 aliphatic rings. The summed E-state index contributed by atoms with van der Waals surface area (Å²) < 4.78 is 0. The molecule has 2 N–H and O–H groups in total. The summed E-state index contributed by atoms with van der Waals surface area (Å²) in [4.78, 5) is 2.55. The van der Waals surface area contributed by atoms with Gasteiger partial charge in [-0.25, -0.2) is 0 Å². The fourth-order valence-electron chi connectivity index (χ4n) is 3.08. The average Bonchev–Trinajstić information content (AvgIpc) is 3.02. The topological polar surface area (TPSA) is 44.0 Å². The van der Waals surface area contributed by atoms with Gasteiger partial charge in [0.15, 0.2) is 0 Å².